The van der Waals surface area contributed by atoms with Crippen LogP contribution in [0.2, 0.25) is 0 Å². The van der Waals surface area contributed by atoms with Crippen molar-refractivity contribution < 1.29 is 9.21 Å². The Hall–Kier alpha value is -2.38. The van der Waals surface area contributed by atoms with Crippen LogP contribution in [0.25, 0.3) is 11.1 Å². The SMILES string of the molecule is CCN(CC)C(CNC(=O)CCCn1c(=O)oc2ccccc21)c1ccsc1. The second kappa shape index (κ2) is 9.71. The number of para-hydroxylation sites is 2. The summed E-state index contributed by atoms with van der Waals surface area (Å²) >= 11 is 1.67. The van der Waals surface area contributed by atoms with Gasteiger partial charge in [0.25, 0.3) is 0 Å². The summed E-state index contributed by atoms with van der Waals surface area (Å²) in [7, 11) is 0. The lowest BCUT2D eigenvalue weighted by molar-refractivity contribution is -0.121. The van der Waals surface area contributed by atoms with Gasteiger partial charge in [-0.25, -0.2) is 4.79 Å². The van der Waals surface area contributed by atoms with Crippen molar-refractivity contribution in [2.24, 2.45) is 0 Å². The Bertz CT molecular complexity index is 941. The number of benzene rings is 1. The van der Waals surface area contributed by atoms with Gasteiger partial charge in [-0.05, 0) is 54.0 Å². The average molecular weight is 402 g/mol. The first-order valence-electron chi connectivity index (χ1n) is 9.75. The van der Waals surface area contributed by atoms with Crippen LogP contribution in [-0.2, 0) is 11.3 Å². The first-order chi connectivity index (χ1) is 13.6. The third-order valence-electron chi connectivity index (χ3n) is 5.03. The van der Waals surface area contributed by atoms with Crippen LogP contribution in [0.3, 0.4) is 0 Å². The Kier molecular flexibility index (Phi) is 7.06. The number of fused-ring (bicyclic) bond motifs is 1. The molecule has 6 nitrogen and oxygen atoms in total. The van der Waals surface area contributed by atoms with Crippen LogP contribution in [0.1, 0.15) is 38.3 Å². The van der Waals surface area contributed by atoms with Gasteiger partial charge in [0.05, 0.1) is 11.6 Å². The molecular weight excluding hydrogens is 374 g/mol. The largest absolute Gasteiger partial charge is 0.419 e. The van der Waals surface area contributed by atoms with Crippen LogP contribution < -0.4 is 11.1 Å². The maximum atomic E-state index is 12.4. The number of nitrogens with zero attached hydrogens (tertiary/aromatic N) is 2. The maximum Gasteiger partial charge on any atom is 0.419 e. The highest BCUT2D eigenvalue weighted by Gasteiger charge is 2.19. The number of hydrogen-bond acceptors (Lipinski definition) is 5. The number of carbonyl (C=O) groups is 1. The van der Waals surface area contributed by atoms with Crippen LogP contribution in [0.5, 0.6) is 0 Å². The molecule has 3 aromatic rings. The highest BCUT2D eigenvalue weighted by molar-refractivity contribution is 7.07. The van der Waals surface area contributed by atoms with Crippen LogP contribution in [0.4, 0.5) is 0 Å². The Labute approximate surface area is 168 Å². The number of aryl methyl sites for hydroxylation is 1. The fourth-order valence-corrected chi connectivity index (χ4v) is 4.22. The zero-order valence-corrected chi connectivity index (χ0v) is 17.2. The van der Waals surface area contributed by atoms with E-state index in [0.717, 1.165) is 18.6 Å². The average Bonchev–Trinajstić information content (AvgIpc) is 3.33. The van der Waals surface area contributed by atoms with E-state index in [-0.39, 0.29) is 17.7 Å². The quantitative estimate of drug-likeness (QED) is 0.563. The number of amides is 1. The molecule has 0 radical (unpaired) electrons. The van der Waals surface area contributed by atoms with Crippen LogP contribution in [0, 0.1) is 0 Å². The second-order valence-corrected chi connectivity index (χ2v) is 7.47. The molecule has 0 aliphatic carbocycles. The van der Waals surface area contributed by atoms with E-state index in [2.05, 4.69) is 40.9 Å². The van der Waals surface area contributed by atoms with Gasteiger partial charge in [0.2, 0.25) is 5.91 Å². The number of rotatable bonds is 10. The Morgan fingerprint density at radius 1 is 1.25 bits per heavy atom. The molecule has 2 heterocycles. The van der Waals surface area contributed by atoms with Crippen molar-refractivity contribution in [1.29, 1.82) is 0 Å². The minimum absolute atomic E-state index is 0.00763. The lowest BCUT2D eigenvalue weighted by Crippen LogP contribution is -2.37. The summed E-state index contributed by atoms with van der Waals surface area (Å²) in [5.74, 6) is -0.367. The van der Waals surface area contributed by atoms with Gasteiger partial charge < -0.3 is 9.73 Å². The molecular formula is C21H27N3O3S. The summed E-state index contributed by atoms with van der Waals surface area (Å²) < 4.78 is 6.82. The zero-order chi connectivity index (χ0) is 19.9. The van der Waals surface area contributed by atoms with Gasteiger partial charge in [-0.15, -0.1) is 0 Å². The molecule has 0 aliphatic heterocycles. The molecule has 28 heavy (non-hydrogen) atoms. The molecule has 0 bridgehead atoms. The van der Waals surface area contributed by atoms with Crippen molar-refractivity contribution in [2.45, 2.75) is 39.3 Å². The van der Waals surface area contributed by atoms with Crippen molar-refractivity contribution in [3.8, 4) is 0 Å². The van der Waals surface area contributed by atoms with E-state index in [1.54, 1.807) is 22.0 Å². The number of likely N-dealkylation sites (N-methyl/N-ethyl adjacent to an activating group) is 1. The van der Waals surface area contributed by atoms with Gasteiger partial charge in [-0.3, -0.25) is 14.3 Å². The Morgan fingerprint density at radius 3 is 2.75 bits per heavy atom. The maximum absolute atomic E-state index is 12.4. The van der Waals surface area contributed by atoms with Gasteiger partial charge in [0, 0.05) is 19.5 Å². The fraction of sp³-hybridized carbons (Fsp3) is 0.429. The molecule has 1 atom stereocenters. The monoisotopic (exact) mass is 401 g/mol. The van der Waals surface area contributed by atoms with Crippen LogP contribution >= 0.6 is 11.3 Å². The van der Waals surface area contributed by atoms with E-state index in [4.69, 9.17) is 4.42 Å². The number of carbonyl (C=O) groups excluding carboxylic acids is 1. The molecule has 2 aromatic heterocycles. The summed E-state index contributed by atoms with van der Waals surface area (Å²) in [6, 6.07) is 9.65. The highest BCUT2D eigenvalue weighted by atomic mass is 32.1. The van der Waals surface area contributed by atoms with E-state index in [1.807, 2.05) is 18.2 Å². The summed E-state index contributed by atoms with van der Waals surface area (Å²) in [6.45, 7) is 7.20. The van der Waals surface area contributed by atoms with Crippen LogP contribution in [-0.4, -0.2) is 35.0 Å². The van der Waals surface area contributed by atoms with Gasteiger partial charge in [0.1, 0.15) is 0 Å². The molecule has 0 saturated heterocycles. The lowest BCUT2D eigenvalue weighted by atomic mass is 10.1. The summed E-state index contributed by atoms with van der Waals surface area (Å²) in [5.41, 5.74) is 2.59. The third kappa shape index (κ3) is 4.72. The first kappa shape index (κ1) is 20.4. The van der Waals surface area contributed by atoms with Crippen molar-refractivity contribution in [1.82, 2.24) is 14.8 Å². The summed E-state index contributed by atoms with van der Waals surface area (Å²) in [4.78, 5) is 26.7. The summed E-state index contributed by atoms with van der Waals surface area (Å²) in [6.07, 6.45) is 0.963. The molecule has 1 N–H and O–H groups in total. The van der Waals surface area contributed by atoms with E-state index in [0.29, 0.717) is 31.5 Å². The molecule has 1 unspecified atom stereocenters. The van der Waals surface area contributed by atoms with E-state index in [9.17, 15) is 9.59 Å². The molecule has 1 amide bonds. The molecule has 7 heteroatoms. The van der Waals surface area contributed by atoms with Crippen molar-refractivity contribution in [3.63, 3.8) is 0 Å². The van der Waals surface area contributed by atoms with Crippen LogP contribution in [0.15, 0.2) is 50.3 Å². The van der Waals surface area contributed by atoms with Gasteiger partial charge in [0.15, 0.2) is 5.58 Å². The molecule has 150 valence electrons. The second-order valence-electron chi connectivity index (χ2n) is 6.69. The Balaban J connectivity index is 1.53. The molecule has 0 fully saturated rings. The predicted octanol–water partition coefficient (Wildman–Crippen LogP) is 3.64. The third-order valence-corrected chi connectivity index (χ3v) is 5.73. The predicted molar refractivity (Wildman–Crippen MR) is 113 cm³/mol. The van der Waals surface area contributed by atoms with Gasteiger partial charge in [-0.1, -0.05) is 26.0 Å². The van der Waals surface area contributed by atoms with Gasteiger partial charge >= 0.3 is 5.76 Å². The molecule has 3 rings (SSSR count). The smallest absolute Gasteiger partial charge is 0.408 e. The lowest BCUT2D eigenvalue weighted by Gasteiger charge is -2.29. The minimum Gasteiger partial charge on any atom is -0.408 e. The Morgan fingerprint density at radius 2 is 2.04 bits per heavy atom. The number of thiophene rings is 1. The van der Waals surface area contributed by atoms with E-state index in [1.165, 1.54) is 5.56 Å². The van der Waals surface area contributed by atoms with Gasteiger partial charge in [-0.2, -0.15) is 11.3 Å². The summed E-state index contributed by atoms with van der Waals surface area (Å²) in [5, 5.41) is 7.28. The number of nitrogens with one attached hydrogen (secondary N) is 1. The van der Waals surface area contributed by atoms with Crippen molar-refractivity contribution in [3.05, 3.63) is 57.2 Å². The molecule has 0 aliphatic rings. The highest BCUT2D eigenvalue weighted by Crippen LogP contribution is 2.22. The normalized spacial score (nSPS) is 12.5. The number of oxazole rings is 1. The molecule has 0 spiro atoms. The topological polar surface area (TPSA) is 67.5 Å². The number of aromatic nitrogens is 1. The molecule has 0 saturated carbocycles. The van der Waals surface area contributed by atoms with E-state index < -0.39 is 0 Å². The van der Waals surface area contributed by atoms with E-state index >= 15 is 0 Å². The zero-order valence-electron chi connectivity index (χ0n) is 16.4. The fourth-order valence-electron chi connectivity index (χ4n) is 3.51. The number of hydrogen-bond donors (Lipinski definition) is 1. The van der Waals surface area contributed by atoms with Crippen molar-refractivity contribution >= 4 is 28.3 Å². The van der Waals surface area contributed by atoms with Crippen molar-refractivity contribution in [2.75, 3.05) is 19.6 Å². The standard InChI is InChI=1S/C21H27N3O3S/c1-3-23(4-2)18(16-11-13-28-15-16)14-22-20(25)10-7-12-24-17-8-5-6-9-19(17)27-21(24)26/h5-6,8-9,11,13,15,18H,3-4,7,10,12,14H2,1-2H3,(H,22,25). The minimum atomic E-state index is -0.374. The first-order valence-corrected chi connectivity index (χ1v) is 10.7. The molecule has 1 aromatic carbocycles.